The number of phosphoric ester groups is 1. The molecule has 8 unspecified atom stereocenters. The lowest BCUT2D eigenvalue weighted by Crippen LogP contribution is -2.64. The van der Waals surface area contributed by atoms with E-state index in [9.17, 15) is 50.0 Å². The Morgan fingerprint density at radius 2 is 0.912 bits per heavy atom. The summed E-state index contributed by atoms with van der Waals surface area (Å²) < 4.78 is 22.9. The average molecular weight is 986 g/mol. The van der Waals surface area contributed by atoms with E-state index in [0.29, 0.717) is 12.8 Å². The number of unbranched alkanes of at least 4 members (excludes halogenated alkanes) is 26. The Balaban J connectivity index is 2.48. The van der Waals surface area contributed by atoms with Gasteiger partial charge in [0.15, 0.2) is 0 Å². The van der Waals surface area contributed by atoms with Crippen molar-refractivity contribution in [2.45, 2.75) is 281 Å². The monoisotopic (exact) mass is 986 g/mol. The molecule has 1 fully saturated rings. The van der Waals surface area contributed by atoms with E-state index in [0.717, 1.165) is 70.6 Å². The smallest absolute Gasteiger partial charge is 0.393 e. The topological polar surface area (TPSA) is 226 Å². The number of rotatable bonds is 45. The highest BCUT2D eigenvalue weighted by atomic mass is 31.2. The predicted octanol–water partition coefficient (Wildman–Crippen LogP) is 10.7. The van der Waals surface area contributed by atoms with Gasteiger partial charge in [-0.1, -0.05) is 204 Å². The van der Waals surface area contributed by atoms with Gasteiger partial charge in [0.05, 0.1) is 31.3 Å². The summed E-state index contributed by atoms with van der Waals surface area (Å²) in [6, 6.07) is -1.26. The van der Waals surface area contributed by atoms with Gasteiger partial charge in [-0.25, -0.2) is 4.57 Å². The van der Waals surface area contributed by atoms with E-state index in [2.05, 4.69) is 55.6 Å². The quantitative estimate of drug-likeness (QED) is 0.0158. The normalized spacial score (nSPS) is 22.4. The molecule has 0 aromatic heterocycles. The standard InChI is InChI=1S/C54H100NO12P/c1-3-5-7-9-11-13-15-17-19-21-22-23-24-26-27-29-31-33-35-37-39-41-45(56)43-48(58)55-46(44-66-68(64,65)67-54-52(62)50(60)49(59)51(61)53(54)63)47(57)42-40-38-36-34-32-30-28-25-20-18-16-14-12-10-8-6-4-2/h22-23,26-27,32,34,40,42,45-47,49-54,56-57,59-63H,3-21,24-25,28-31,33,35-39,41,43-44H2,1-2H3,(H,55,58)(H,64,65)/b23-22-,27-26-,34-32+,42-40+. The number of carbonyl (C=O) groups is 1. The largest absolute Gasteiger partial charge is 0.472 e. The third-order valence-corrected chi connectivity index (χ3v) is 13.9. The summed E-state index contributed by atoms with van der Waals surface area (Å²) >= 11 is 0. The van der Waals surface area contributed by atoms with Crippen LogP contribution in [0, 0.1) is 0 Å². The first kappa shape index (κ1) is 64.3. The van der Waals surface area contributed by atoms with Gasteiger partial charge < -0.3 is 46.0 Å². The van der Waals surface area contributed by atoms with Crippen molar-refractivity contribution in [1.82, 2.24) is 5.32 Å². The van der Waals surface area contributed by atoms with Crippen LogP contribution < -0.4 is 5.32 Å². The zero-order chi connectivity index (χ0) is 50.1. The van der Waals surface area contributed by atoms with E-state index in [1.165, 1.54) is 128 Å². The van der Waals surface area contributed by atoms with Crippen molar-refractivity contribution in [3.63, 3.8) is 0 Å². The second-order valence-corrected chi connectivity index (χ2v) is 20.7. The molecule has 68 heavy (non-hydrogen) atoms. The van der Waals surface area contributed by atoms with Crippen LogP contribution in [0.2, 0.25) is 0 Å². The van der Waals surface area contributed by atoms with Crippen molar-refractivity contribution in [3.05, 3.63) is 48.6 Å². The zero-order valence-electron chi connectivity index (χ0n) is 42.5. The fourth-order valence-corrected chi connectivity index (χ4v) is 9.43. The molecule has 1 amide bonds. The molecule has 14 heteroatoms. The molecular formula is C54H100NO12P. The minimum absolute atomic E-state index is 0.263. The van der Waals surface area contributed by atoms with Crippen molar-refractivity contribution in [3.8, 4) is 0 Å². The summed E-state index contributed by atoms with van der Waals surface area (Å²) in [7, 11) is -5.16. The summed E-state index contributed by atoms with van der Waals surface area (Å²) in [5.41, 5.74) is 0. The Labute approximate surface area is 412 Å². The number of nitrogens with one attached hydrogen (secondary N) is 1. The van der Waals surface area contributed by atoms with Crippen molar-refractivity contribution in [2.75, 3.05) is 6.61 Å². The summed E-state index contributed by atoms with van der Waals surface area (Å²) in [5.74, 6) is -0.610. The average Bonchev–Trinajstić information content (AvgIpc) is 3.31. The lowest BCUT2D eigenvalue weighted by atomic mass is 9.85. The van der Waals surface area contributed by atoms with Gasteiger partial charge in [0.1, 0.15) is 36.6 Å². The van der Waals surface area contributed by atoms with Gasteiger partial charge in [-0.15, -0.1) is 0 Å². The lowest BCUT2D eigenvalue weighted by Gasteiger charge is -2.41. The Hall–Kier alpha value is -1.74. The summed E-state index contributed by atoms with van der Waals surface area (Å²) in [6.07, 6.45) is 39.1. The van der Waals surface area contributed by atoms with Crippen LogP contribution in [-0.2, 0) is 18.4 Å². The summed E-state index contributed by atoms with van der Waals surface area (Å²) in [5, 5.41) is 74.7. The maximum Gasteiger partial charge on any atom is 0.472 e. The SMILES string of the molecule is CCCCCCCCCCC/C=C\C/C=C\CCCCCCCC(O)CC(=O)NC(COP(=O)(O)OC1C(O)C(O)C(O)C(O)C1O)C(O)/C=C/CC/C=C/CCCCCCCCCCCCC. The molecular weight excluding hydrogens is 886 g/mol. The van der Waals surface area contributed by atoms with E-state index >= 15 is 0 Å². The van der Waals surface area contributed by atoms with Crippen LogP contribution in [0.15, 0.2) is 48.6 Å². The van der Waals surface area contributed by atoms with Gasteiger partial charge in [0, 0.05) is 0 Å². The van der Waals surface area contributed by atoms with Crippen LogP contribution in [0.5, 0.6) is 0 Å². The molecule has 0 bridgehead atoms. The number of amides is 1. The molecule has 9 N–H and O–H groups in total. The molecule has 0 saturated heterocycles. The van der Waals surface area contributed by atoms with Gasteiger partial charge >= 0.3 is 7.82 Å². The molecule has 0 aromatic carbocycles. The molecule has 0 heterocycles. The van der Waals surface area contributed by atoms with E-state index in [4.69, 9.17) is 9.05 Å². The van der Waals surface area contributed by atoms with Gasteiger partial charge in [-0.05, 0) is 64.2 Å². The molecule has 1 aliphatic carbocycles. The van der Waals surface area contributed by atoms with Crippen LogP contribution in [-0.4, -0.2) is 108 Å². The molecule has 0 aliphatic heterocycles. The molecule has 8 atom stereocenters. The molecule has 398 valence electrons. The third kappa shape index (κ3) is 33.8. The number of carbonyl (C=O) groups excluding carboxylic acids is 1. The van der Waals surface area contributed by atoms with E-state index in [1.54, 1.807) is 6.08 Å². The maximum atomic E-state index is 13.1. The second-order valence-electron chi connectivity index (χ2n) is 19.3. The summed E-state index contributed by atoms with van der Waals surface area (Å²) in [4.78, 5) is 23.5. The molecule has 1 saturated carbocycles. The Kier molecular flexibility index (Phi) is 40.5. The van der Waals surface area contributed by atoms with Gasteiger partial charge in [-0.2, -0.15) is 0 Å². The number of aliphatic hydroxyl groups is 7. The van der Waals surface area contributed by atoms with Crippen molar-refractivity contribution >= 4 is 13.7 Å². The highest BCUT2D eigenvalue weighted by Gasteiger charge is 2.51. The minimum atomic E-state index is -5.16. The molecule has 13 nitrogen and oxygen atoms in total. The number of aliphatic hydroxyl groups excluding tert-OH is 7. The summed E-state index contributed by atoms with van der Waals surface area (Å²) in [6.45, 7) is 3.75. The van der Waals surface area contributed by atoms with Crippen LogP contribution in [0.4, 0.5) is 0 Å². The zero-order valence-corrected chi connectivity index (χ0v) is 43.4. The van der Waals surface area contributed by atoms with Crippen LogP contribution in [0.1, 0.15) is 226 Å². The molecule has 1 aliphatic rings. The van der Waals surface area contributed by atoms with E-state index in [1.807, 2.05) is 0 Å². The maximum absolute atomic E-state index is 13.1. The highest BCUT2D eigenvalue weighted by Crippen LogP contribution is 2.47. The number of hydrogen-bond donors (Lipinski definition) is 9. The first-order chi connectivity index (χ1) is 32.8. The predicted molar refractivity (Wildman–Crippen MR) is 275 cm³/mol. The lowest BCUT2D eigenvalue weighted by molar-refractivity contribution is -0.220. The number of phosphoric acid groups is 1. The third-order valence-electron chi connectivity index (χ3n) is 12.9. The minimum Gasteiger partial charge on any atom is -0.393 e. The molecule has 1 rings (SSSR count). The van der Waals surface area contributed by atoms with E-state index in [-0.39, 0.29) is 6.42 Å². The Bertz CT molecular complexity index is 1350. The fourth-order valence-electron chi connectivity index (χ4n) is 8.46. The molecule has 0 aromatic rings. The second kappa shape index (κ2) is 42.9. The molecule has 0 radical (unpaired) electrons. The first-order valence-corrected chi connectivity index (χ1v) is 28.7. The van der Waals surface area contributed by atoms with Gasteiger partial charge in [-0.3, -0.25) is 13.8 Å². The Morgan fingerprint density at radius 1 is 0.529 bits per heavy atom. The number of hydrogen-bond acceptors (Lipinski definition) is 11. The van der Waals surface area contributed by atoms with Crippen molar-refractivity contribution in [2.24, 2.45) is 0 Å². The van der Waals surface area contributed by atoms with Crippen LogP contribution >= 0.6 is 7.82 Å². The molecule has 0 spiro atoms. The van der Waals surface area contributed by atoms with Crippen LogP contribution in [0.25, 0.3) is 0 Å². The van der Waals surface area contributed by atoms with Crippen molar-refractivity contribution in [1.29, 1.82) is 0 Å². The first-order valence-electron chi connectivity index (χ1n) is 27.2. The highest BCUT2D eigenvalue weighted by molar-refractivity contribution is 7.47. The van der Waals surface area contributed by atoms with Crippen LogP contribution in [0.3, 0.4) is 0 Å². The van der Waals surface area contributed by atoms with Gasteiger partial charge in [0.2, 0.25) is 5.91 Å². The van der Waals surface area contributed by atoms with Crippen molar-refractivity contribution < 1.29 is 59.0 Å². The fraction of sp³-hybridized carbons (Fsp3) is 0.833. The van der Waals surface area contributed by atoms with E-state index < -0.39 is 75.2 Å². The Morgan fingerprint density at radius 3 is 1.38 bits per heavy atom. The number of allylic oxidation sites excluding steroid dienone is 7. The van der Waals surface area contributed by atoms with Gasteiger partial charge in [0.25, 0.3) is 0 Å².